The molecule has 0 radical (unpaired) electrons. The van der Waals surface area contributed by atoms with Gasteiger partial charge in [0.15, 0.2) is 0 Å². The van der Waals surface area contributed by atoms with E-state index in [4.69, 9.17) is 0 Å². The van der Waals surface area contributed by atoms with Crippen molar-refractivity contribution in [3.8, 4) is 0 Å². The van der Waals surface area contributed by atoms with Gasteiger partial charge in [-0.25, -0.2) is 0 Å². The third-order valence-electron chi connectivity index (χ3n) is 3.16. The highest BCUT2D eigenvalue weighted by Gasteiger charge is 2.04. The molecule has 1 aromatic heterocycles. The van der Waals surface area contributed by atoms with E-state index in [1.54, 1.807) is 0 Å². The smallest absolute Gasteiger partial charge is 0.0662 e. The molecular weight excluding hydrogens is 234 g/mol. The number of hydrogen-bond acceptors (Lipinski definition) is 2. The zero-order valence-corrected chi connectivity index (χ0v) is 12.1. The molecule has 2 rings (SSSR count). The van der Waals surface area contributed by atoms with E-state index in [1.807, 2.05) is 10.9 Å². The second-order valence-electron chi connectivity index (χ2n) is 5.34. The third-order valence-corrected chi connectivity index (χ3v) is 3.16. The topological polar surface area (TPSA) is 29.9 Å². The predicted octanol–water partition coefficient (Wildman–Crippen LogP) is 2.78. The fourth-order valence-electron chi connectivity index (χ4n) is 2.18. The van der Waals surface area contributed by atoms with Crippen LogP contribution in [0.15, 0.2) is 36.7 Å². The van der Waals surface area contributed by atoms with Crippen LogP contribution in [-0.4, -0.2) is 22.4 Å². The fraction of sp³-hybridized carbons (Fsp3) is 0.438. The van der Waals surface area contributed by atoms with Crippen molar-refractivity contribution in [1.29, 1.82) is 0 Å². The molecule has 102 valence electrons. The Hall–Kier alpha value is -1.61. The summed E-state index contributed by atoms with van der Waals surface area (Å²) in [5, 5.41) is 7.83. The minimum atomic E-state index is 0.543. The van der Waals surface area contributed by atoms with E-state index in [-0.39, 0.29) is 0 Å². The quantitative estimate of drug-likeness (QED) is 0.862. The molecule has 0 saturated carbocycles. The maximum Gasteiger partial charge on any atom is 0.0662 e. The van der Waals surface area contributed by atoms with Gasteiger partial charge in [0, 0.05) is 12.2 Å². The van der Waals surface area contributed by atoms with E-state index in [9.17, 15) is 0 Å². The summed E-state index contributed by atoms with van der Waals surface area (Å²) in [6.45, 7) is 8.30. The van der Waals surface area contributed by atoms with E-state index >= 15 is 0 Å². The first-order valence-corrected chi connectivity index (χ1v) is 6.94. The van der Waals surface area contributed by atoms with Gasteiger partial charge in [-0.3, -0.25) is 4.68 Å². The Labute approximate surface area is 115 Å². The van der Waals surface area contributed by atoms with Crippen LogP contribution in [0.5, 0.6) is 0 Å². The van der Waals surface area contributed by atoms with Gasteiger partial charge in [0.05, 0.1) is 12.7 Å². The summed E-state index contributed by atoms with van der Waals surface area (Å²) in [5.74, 6) is 0. The molecule has 0 saturated heterocycles. The van der Waals surface area contributed by atoms with Crippen LogP contribution in [0.25, 0.3) is 0 Å². The van der Waals surface area contributed by atoms with Crippen LogP contribution in [0.4, 0.5) is 0 Å². The second-order valence-corrected chi connectivity index (χ2v) is 5.34. The summed E-state index contributed by atoms with van der Waals surface area (Å²) in [4.78, 5) is 0. The molecule has 0 fully saturated rings. The van der Waals surface area contributed by atoms with Crippen LogP contribution in [0.1, 0.15) is 30.5 Å². The number of aryl methyl sites for hydroxylation is 1. The lowest BCUT2D eigenvalue weighted by molar-refractivity contribution is 0.587. The molecule has 2 aromatic rings. The van der Waals surface area contributed by atoms with Gasteiger partial charge in [0.2, 0.25) is 0 Å². The van der Waals surface area contributed by atoms with Gasteiger partial charge in [-0.15, -0.1) is 0 Å². The van der Waals surface area contributed by atoms with E-state index < -0.39 is 0 Å². The number of benzene rings is 1. The van der Waals surface area contributed by atoms with Crippen molar-refractivity contribution in [2.45, 2.75) is 39.8 Å². The van der Waals surface area contributed by atoms with Crippen molar-refractivity contribution in [3.05, 3.63) is 53.3 Å². The number of nitrogens with zero attached hydrogens (tertiary/aromatic N) is 2. The van der Waals surface area contributed by atoms with Crippen LogP contribution >= 0.6 is 0 Å². The molecule has 3 nitrogen and oxygen atoms in total. The molecule has 0 aliphatic rings. The lowest BCUT2D eigenvalue weighted by atomic mass is 10.0. The van der Waals surface area contributed by atoms with Crippen molar-refractivity contribution in [2.24, 2.45) is 0 Å². The molecule has 1 N–H and O–H groups in total. The second kappa shape index (κ2) is 6.53. The Kier molecular flexibility index (Phi) is 4.74. The Balaban J connectivity index is 2.03. The van der Waals surface area contributed by atoms with E-state index in [2.05, 4.69) is 61.6 Å². The summed E-state index contributed by atoms with van der Waals surface area (Å²) < 4.78 is 2.00. The van der Waals surface area contributed by atoms with Gasteiger partial charge in [0.25, 0.3) is 0 Å². The highest BCUT2D eigenvalue weighted by Crippen LogP contribution is 2.11. The molecule has 1 aromatic carbocycles. The molecule has 0 aliphatic heterocycles. The molecule has 0 unspecified atom stereocenters. The number of nitrogens with one attached hydrogen (secondary N) is 1. The average molecular weight is 257 g/mol. The van der Waals surface area contributed by atoms with E-state index in [1.165, 1.54) is 16.7 Å². The van der Waals surface area contributed by atoms with Crippen molar-refractivity contribution >= 4 is 0 Å². The summed E-state index contributed by atoms with van der Waals surface area (Å²) in [5.41, 5.74) is 3.97. The van der Waals surface area contributed by atoms with Gasteiger partial charge in [0.1, 0.15) is 0 Å². The zero-order valence-electron chi connectivity index (χ0n) is 12.1. The third kappa shape index (κ3) is 4.21. The van der Waals surface area contributed by atoms with Crippen molar-refractivity contribution in [1.82, 2.24) is 15.1 Å². The summed E-state index contributed by atoms with van der Waals surface area (Å²) in [6, 6.07) is 9.17. The van der Waals surface area contributed by atoms with E-state index in [0.29, 0.717) is 6.04 Å². The molecule has 1 heterocycles. The Morgan fingerprint density at radius 1 is 1.21 bits per heavy atom. The van der Waals surface area contributed by atoms with Gasteiger partial charge < -0.3 is 5.32 Å². The highest BCUT2D eigenvalue weighted by molar-refractivity contribution is 5.27. The zero-order chi connectivity index (χ0) is 13.7. The Bertz CT molecular complexity index is 514. The van der Waals surface area contributed by atoms with Gasteiger partial charge in [-0.1, -0.05) is 38.1 Å². The molecule has 0 amide bonds. The Morgan fingerprint density at radius 3 is 2.58 bits per heavy atom. The van der Waals surface area contributed by atoms with Crippen LogP contribution < -0.4 is 5.32 Å². The number of hydrogen-bond donors (Lipinski definition) is 1. The summed E-state index contributed by atoms with van der Waals surface area (Å²) >= 11 is 0. The molecular formula is C16H23N3. The lowest BCUT2D eigenvalue weighted by Crippen LogP contribution is -2.25. The molecule has 3 heteroatoms. The van der Waals surface area contributed by atoms with Crippen LogP contribution in [0.3, 0.4) is 0 Å². The van der Waals surface area contributed by atoms with Crippen LogP contribution in [0, 0.1) is 6.92 Å². The van der Waals surface area contributed by atoms with Crippen LogP contribution in [0.2, 0.25) is 0 Å². The number of rotatable bonds is 6. The first kappa shape index (κ1) is 13.8. The Morgan fingerprint density at radius 2 is 1.95 bits per heavy atom. The largest absolute Gasteiger partial charge is 0.314 e. The molecule has 0 aliphatic carbocycles. The molecule has 19 heavy (non-hydrogen) atoms. The first-order valence-electron chi connectivity index (χ1n) is 6.94. The average Bonchev–Trinajstić information content (AvgIpc) is 2.77. The van der Waals surface area contributed by atoms with Gasteiger partial charge >= 0.3 is 0 Å². The summed E-state index contributed by atoms with van der Waals surface area (Å²) in [6.07, 6.45) is 5.06. The van der Waals surface area contributed by atoms with Gasteiger partial charge in [-0.05, 0) is 36.6 Å². The number of aromatic nitrogens is 2. The fourth-order valence-corrected chi connectivity index (χ4v) is 2.18. The first-order chi connectivity index (χ1) is 9.15. The lowest BCUT2D eigenvalue weighted by Gasteiger charge is -2.12. The normalized spacial score (nSPS) is 11.2. The molecule has 0 atom stereocenters. The van der Waals surface area contributed by atoms with E-state index in [0.717, 1.165) is 19.5 Å². The van der Waals surface area contributed by atoms with Crippen molar-refractivity contribution in [2.75, 3.05) is 6.54 Å². The maximum absolute atomic E-state index is 4.36. The van der Waals surface area contributed by atoms with Crippen molar-refractivity contribution in [3.63, 3.8) is 0 Å². The van der Waals surface area contributed by atoms with Crippen molar-refractivity contribution < 1.29 is 0 Å². The maximum atomic E-state index is 4.36. The molecule has 0 spiro atoms. The minimum Gasteiger partial charge on any atom is -0.314 e. The van der Waals surface area contributed by atoms with Gasteiger partial charge in [-0.2, -0.15) is 5.10 Å². The highest BCUT2D eigenvalue weighted by atomic mass is 15.3. The minimum absolute atomic E-state index is 0.543. The molecule has 0 bridgehead atoms. The SMILES string of the molecule is Cc1cnn(Cc2ccccc2CCNC(C)C)c1. The monoisotopic (exact) mass is 257 g/mol. The summed E-state index contributed by atoms with van der Waals surface area (Å²) in [7, 11) is 0. The predicted molar refractivity (Wildman–Crippen MR) is 79.4 cm³/mol. The van der Waals surface area contributed by atoms with Crippen LogP contribution in [-0.2, 0) is 13.0 Å². The standard InChI is InChI=1S/C16H23N3/c1-13(2)17-9-8-15-6-4-5-7-16(15)12-19-11-14(3)10-18-19/h4-7,10-11,13,17H,8-9,12H2,1-3H3.